The highest BCUT2D eigenvalue weighted by atomic mass is 79.9. The van der Waals surface area contributed by atoms with E-state index < -0.39 is 0 Å². The van der Waals surface area contributed by atoms with Gasteiger partial charge in [0.15, 0.2) is 17.9 Å². The van der Waals surface area contributed by atoms with Crippen molar-refractivity contribution in [1.82, 2.24) is 0 Å². The zero-order valence-electron chi connectivity index (χ0n) is 14.1. The maximum absolute atomic E-state index is 2.62. The fourth-order valence-electron chi connectivity index (χ4n) is 6.48. The lowest BCUT2D eigenvalue weighted by Gasteiger charge is -2.53. The van der Waals surface area contributed by atoms with Crippen molar-refractivity contribution in [3.63, 3.8) is 0 Å². The molecule has 4 aliphatic carbocycles. The standard InChI is InChI=1S/C20H29N2.BrH/c1-2-6-21(7-3-1)19-4-8-22(9-5-19)20-13-16-10-17(14-20)12-18(11-16)15-20;/h4-5,8-9,16-18H,1-3,6-7,10-15H2;1H/q+1;/p-1. The largest absolute Gasteiger partial charge is 1.00 e. The van der Waals surface area contributed by atoms with Gasteiger partial charge in [-0.15, -0.1) is 0 Å². The van der Waals surface area contributed by atoms with Gasteiger partial charge in [-0.3, -0.25) is 0 Å². The third-order valence-corrected chi connectivity index (χ3v) is 7.09. The molecule has 0 radical (unpaired) electrons. The summed E-state index contributed by atoms with van der Waals surface area (Å²) in [5.41, 5.74) is 1.93. The molecule has 4 bridgehead atoms. The molecule has 1 saturated heterocycles. The highest BCUT2D eigenvalue weighted by molar-refractivity contribution is 5.44. The van der Waals surface area contributed by atoms with Gasteiger partial charge >= 0.3 is 0 Å². The van der Waals surface area contributed by atoms with Gasteiger partial charge in [-0.25, -0.2) is 0 Å². The fraction of sp³-hybridized carbons (Fsp3) is 0.750. The van der Waals surface area contributed by atoms with E-state index in [0.717, 1.165) is 17.8 Å². The molecule has 0 atom stereocenters. The summed E-state index contributed by atoms with van der Waals surface area (Å²) >= 11 is 0. The second-order valence-corrected chi connectivity index (χ2v) is 8.65. The number of hydrogen-bond donors (Lipinski definition) is 0. The van der Waals surface area contributed by atoms with Gasteiger partial charge in [-0.2, -0.15) is 4.57 Å². The molecule has 5 aliphatic rings. The molecule has 5 fully saturated rings. The summed E-state index contributed by atoms with van der Waals surface area (Å²) in [6, 6.07) is 4.79. The average molecular weight is 377 g/mol. The molecule has 4 saturated carbocycles. The monoisotopic (exact) mass is 376 g/mol. The van der Waals surface area contributed by atoms with Crippen molar-refractivity contribution in [3.8, 4) is 0 Å². The number of anilines is 1. The van der Waals surface area contributed by atoms with Crippen LogP contribution in [0.2, 0.25) is 0 Å². The van der Waals surface area contributed by atoms with Crippen LogP contribution in [0.5, 0.6) is 0 Å². The molecule has 0 N–H and O–H groups in total. The lowest BCUT2D eigenvalue weighted by atomic mass is 9.53. The van der Waals surface area contributed by atoms with Gasteiger partial charge in [-0.05, 0) is 56.3 Å². The minimum Gasteiger partial charge on any atom is -1.00 e. The van der Waals surface area contributed by atoms with Crippen molar-refractivity contribution in [1.29, 1.82) is 0 Å². The second kappa shape index (κ2) is 6.06. The lowest BCUT2D eigenvalue weighted by Crippen LogP contribution is -3.00. The van der Waals surface area contributed by atoms with Crippen LogP contribution in [0.3, 0.4) is 0 Å². The van der Waals surface area contributed by atoms with Gasteiger partial charge < -0.3 is 21.9 Å². The minimum absolute atomic E-state index is 0. The van der Waals surface area contributed by atoms with Crippen LogP contribution in [-0.2, 0) is 5.54 Å². The first-order valence-electron chi connectivity index (χ1n) is 9.57. The molecule has 0 unspecified atom stereocenters. The zero-order valence-corrected chi connectivity index (χ0v) is 15.7. The summed E-state index contributed by atoms with van der Waals surface area (Å²) in [7, 11) is 0. The molecule has 0 aromatic carbocycles. The Morgan fingerprint density at radius 3 is 1.87 bits per heavy atom. The molecule has 3 heteroatoms. The molecule has 0 spiro atoms. The third kappa shape index (κ3) is 2.73. The first-order chi connectivity index (χ1) is 10.8. The van der Waals surface area contributed by atoms with E-state index in [2.05, 4.69) is 34.0 Å². The summed E-state index contributed by atoms with van der Waals surface area (Å²) in [6.07, 6.45) is 17.9. The zero-order chi connectivity index (χ0) is 14.6. The van der Waals surface area contributed by atoms with Crippen LogP contribution in [0.15, 0.2) is 24.5 Å². The Labute approximate surface area is 151 Å². The normalized spacial score (nSPS) is 38.4. The predicted octanol–water partition coefficient (Wildman–Crippen LogP) is 0.894. The maximum Gasteiger partial charge on any atom is 0.171 e. The molecule has 2 nitrogen and oxygen atoms in total. The average Bonchev–Trinajstić information content (AvgIpc) is 2.55. The Bertz CT molecular complexity index is 512. The molecular weight excluding hydrogens is 348 g/mol. The number of piperidine rings is 1. The Morgan fingerprint density at radius 2 is 1.35 bits per heavy atom. The van der Waals surface area contributed by atoms with E-state index in [1.54, 1.807) is 0 Å². The molecular formula is C20H29BrN2. The molecule has 1 aromatic heterocycles. The first kappa shape index (κ1) is 15.9. The summed E-state index contributed by atoms with van der Waals surface area (Å²) in [4.78, 5) is 2.58. The number of nitrogens with zero attached hydrogens (tertiary/aromatic N) is 2. The fourth-order valence-corrected chi connectivity index (χ4v) is 6.48. The number of halogens is 1. The van der Waals surface area contributed by atoms with Crippen molar-refractivity contribution in [2.45, 2.75) is 63.3 Å². The maximum atomic E-state index is 2.62. The van der Waals surface area contributed by atoms with E-state index in [1.807, 2.05) is 0 Å². The highest BCUT2D eigenvalue weighted by Crippen LogP contribution is 2.56. The van der Waals surface area contributed by atoms with Gasteiger partial charge in [0.1, 0.15) is 0 Å². The van der Waals surface area contributed by atoms with Gasteiger partial charge in [-0.1, -0.05) is 0 Å². The molecule has 0 amide bonds. The Hall–Kier alpha value is -0.570. The minimum atomic E-state index is 0. The predicted molar refractivity (Wildman–Crippen MR) is 88.8 cm³/mol. The van der Waals surface area contributed by atoms with Gasteiger partial charge in [0.25, 0.3) is 0 Å². The van der Waals surface area contributed by atoms with Crippen LogP contribution < -0.4 is 26.4 Å². The topological polar surface area (TPSA) is 7.12 Å². The van der Waals surface area contributed by atoms with Crippen LogP contribution in [0.25, 0.3) is 0 Å². The third-order valence-electron chi connectivity index (χ3n) is 7.09. The molecule has 2 heterocycles. The van der Waals surface area contributed by atoms with E-state index in [9.17, 15) is 0 Å². The van der Waals surface area contributed by atoms with Gasteiger partial charge in [0.05, 0.1) is 0 Å². The molecule has 6 rings (SSSR count). The summed E-state index contributed by atoms with van der Waals surface area (Å²) in [5, 5.41) is 0. The van der Waals surface area contributed by atoms with Crippen LogP contribution in [0.4, 0.5) is 5.69 Å². The molecule has 23 heavy (non-hydrogen) atoms. The van der Waals surface area contributed by atoms with E-state index in [-0.39, 0.29) is 17.0 Å². The van der Waals surface area contributed by atoms with Crippen LogP contribution >= 0.6 is 0 Å². The van der Waals surface area contributed by atoms with E-state index in [1.165, 1.54) is 76.6 Å². The summed E-state index contributed by atoms with van der Waals surface area (Å²) < 4.78 is 2.62. The van der Waals surface area contributed by atoms with Crippen LogP contribution in [0.1, 0.15) is 57.8 Å². The Balaban J connectivity index is 0.00000135. The Kier molecular flexibility index (Phi) is 4.19. The number of rotatable bonds is 2. The number of pyridine rings is 1. The number of hydrogen-bond acceptors (Lipinski definition) is 1. The smallest absolute Gasteiger partial charge is 0.171 e. The highest BCUT2D eigenvalue weighted by Gasteiger charge is 2.56. The molecule has 126 valence electrons. The van der Waals surface area contributed by atoms with Gasteiger partial charge in [0.2, 0.25) is 0 Å². The van der Waals surface area contributed by atoms with Crippen molar-refractivity contribution >= 4 is 5.69 Å². The van der Waals surface area contributed by atoms with E-state index >= 15 is 0 Å². The quantitative estimate of drug-likeness (QED) is 0.695. The van der Waals surface area contributed by atoms with E-state index in [4.69, 9.17) is 0 Å². The van der Waals surface area contributed by atoms with E-state index in [0.29, 0.717) is 5.54 Å². The lowest BCUT2D eigenvalue weighted by molar-refractivity contribution is -0.776. The second-order valence-electron chi connectivity index (χ2n) is 8.65. The van der Waals surface area contributed by atoms with Gasteiger partial charge in [0, 0.05) is 50.2 Å². The van der Waals surface area contributed by atoms with Crippen LogP contribution in [-0.4, -0.2) is 13.1 Å². The molecule has 1 aliphatic heterocycles. The molecule has 1 aromatic rings. The number of aromatic nitrogens is 1. The summed E-state index contributed by atoms with van der Waals surface area (Å²) in [6.45, 7) is 2.50. The van der Waals surface area contributed by atoms with Crippen molar-refractivity contribution in [2.24, 2.45) is 17.8 Å². The van der Waals surface area contributed by atoms with Crippen molar-refractivity contribution in [2.75, 3.05) is 18.0 Å². The van der Waals surface area contributed by atoms with Crippen LogP contribution in [0, 0.1) is 17.8 Å². The Morgan fingerprint density at radius 1 is 0.826 bits per heavy atom. The summed E-state index contributed by atoms with van der Waals surface area (Å²) in [5.74, 6) is 3.08. The van der Waals surface area contributed by atoms with Crippen molar-refractivity contribution < 1.29 is 21.5 Å². The first-order valence-corrected chi connectivity index (χ1v) is 9.57. The van der Waals surface area contributed by atoms with Crippen molar-refractivity contribution in [3.05, 3.63) is 24.5 Å². The SMILES string of the molecule is [Br-].c1c[n+](C23CC4CC(CC(C4)C2)C3)ccc1N1CCCCC1.